The molecule has 3 rings (SSSR count). The highest BCUT2D eigenvalue weighted by atomic mass is 79.9. The van der Waals surface area contributed by atoms with Crippen molar-refractivity contribution in [2.24, 2.45) is 0 Å². The van der Waals surface area contributed by atoms with E-state index in [1.165, 1.54) is 4.57 Å². The predicted octanol–water partition coefficient (Wildman–Crippen LogP) is 4.42. The molecule has 132 valence electrons. The Kier molecular flexibility index (Phi) is 4.40. The number of fused-ring (bicyclic) bond motifs is 1. The Bertz CT molecular complexity index is 936. The molecule has 0 aliphatic carbocycles. The number of rotatable bonds is 2. The van der Waals surface area contributed by atoms with Crippen LogP contribution < -0.4 is 0 Å². The van der Waals surface area contributed by atoms with Crippen molar-refractivity contribution in [2.45, 2.75) is 46.3 Å². The minimum atomic E-state index is -0.598. The number of hydrogen-bond donors (Lipinski definition) is 0. The van der Waals surface area contributed by atoms with Crippen LogP contribution in [0, 0.1) is 0 Å². The van der Waals surface area contributed by atoms with Crippen LogP contribution in [0.25, 0.3) is 22.3 Å². The van der Waals surface area contributed by atoms with Gasteiger partial charge in [0.25, 0.3) is 0 Å². The van der Waals surface area contributed by atoms with Crippen LogP contribution in [0.2, 0.25) is 0 Å². The van der Waals surface area contributed by atoms with E-state index in [2.05, 4.69) is 44.8 Å². The van der Waals surface area contributed by atoms with Gasteiger partial charge in [0.05, 0.1) is 12.4 Å². The topological polar surface area (TPSA) is 74.8 Å². The first kappa shape index (κ1) is 17.6. The van der Waals surface area contributed by atoms with Crippen molar-refractivity contribution in [3.8, 4) is 11.1 Å². The first-order valence-electron chi connectivity index (χ1n) is 7.97. The van der Waals surface area contributed by atoms with E-state index in [0.29, 0.717) is 15.8 Å². The molecule has 0 N–H and O–H groups in total. The molecule has 0 aromatic carbocycles. The Hall–Kier alpha value is -2.22. The summed E-state index contributed by atoms with van der Waals surface area (Å²) in [4.78, 5) is 21.4. The van der Waals surface area contributed by atoms with E-state index < -0.39 is 11.7 Å². The van der Waals surface area contributed by atoms with Gasteiger partial charge in [0.2, 0.25) is 0 Å². The van der Waals surface area contributed by atoms with Gasteiger partial charge in [-0.05, 0) is 50.5 Å². The zero-order valence-corrected chi connectivity index (χ0v) is 16.4. The number of carbonyl (C=O) groups excluding carboxylic acids is 1. The fraction of sp³-hybridized carbons (Fsp3) is 0.412. The van der Waals surface area contributed by atoms with Crippen LogP contribution in [0.3, 0.4) is 0 Å². The van der Waals surface area contributed by atoms with E-state index in [4.69, 9.17) is 4.74 Å². The van der Waals surface area contributed by atoms with E-state index >= 15 is 0 Å². The lowest BCUT2D eigenvalue weighted by atomic mass is 10.2. The van der Waals surface area contributed by atoms with Gasteiger partial charge < -0.3 is 4.74 Å². The van der Waals surface area contributed by atoms with Gasteiger partial charge in [-0.1, -0.05) is 0 Å². The first-order chi connectivity index (χ1) is 11.7. The summed E-state index contributed by atoms with van der Waals surface area (Å²) < 4.78 is 9.32. The second-order valence-corrected chi connectivity index (χ2v) is 7.87. The van der Waals surface area contributed by atoms with Gasteiger partial charge in [-0.2, -0.15) is 5.10 Å². The molecule has 3 heterocycles. The lowest BCUT2D eigenvalue weighted by Crippen LogP contribution is -2.26. The summed E-state index contributed by atoms with van der Waals surface area (Å²) in [5, 5.41) is 4.37. The van der Waals surface area contributed by atoms with Crippen molar-refractivity contribution in [3.63, 3.8) is 0 Å². The molecule has 3 aromatic rings. The Balaban J connectivity index is 2.15. The maximum Gasteiger partial charge on any atom is 0.420 e. The summed E-state index contributed by atoms with van der Waals surface area (Å²) in [5.74, 6) is 0. The van der Waals surface area contributed by atoms with Crippen LogP contribution in [0.4, 0.5) is 4.79 Å². The fourth-order valence-corrected chi connectivity index (χ4v) is 2.67. The van der Waals surface area contributed by atoms with Crippen LogP contribution >= 0.6 is 15.9 Å². The fourth-order valence-electron chi connectivity index (χ4n) is 2.39. The van der Waals surface area contributed by atoms with Crippen molar-refractivity contribution in [2.75, 3.05) is 0 Å². The second-order valence-electron chi connectivity index (χ2n) is 7.06. The Morgan fingerprint density at radius 2 is 1.96 bits per heavy atom. The summed E-state index contributed by atoms with van der Waals surface area (Å²) in [6, 6.07) is 0.241. The molecule has 0 aliphatic rings. The first-order valence-corrected chi connectivity index (χ1v) is 8.76. The monoisotopic (exact) mass is 405 g/mol. The van der Waals surface area contributed by atoms with Crippen LogP contribution in [-0.2, 0) is 4.74 Å². The lowest BCUT2D eigenvalue weighted by Gasteiger charge is -2.19. The number of nitrogens with zero attached hydrogens (tertiary/aromatic N) is 5. The molecule has 0 radical (unpaired) electrons. The van der Waals surface area contributed by atoms with Gasteiger partial charge in [0.15, 0.2) is 5.65 Å². The molecule has 25 heavy (non-hydrogen) atoms. The molecule has 0 saturated heterocycles. The van der Waals surface area contributed by atoms with Crippen LogP contribution in [0.15, 0.2) is 29.4 Å². The summed E-state index contributed by atoms with van der Waals surface area (Å²) in [5.41, 5.74) is 2.11. The normalized spacial score (nSPS) is 12.1. The molecule has 0 spiro atoms. The third-order valence-corrected chi connectivity index (χ3v) is 3.88. The van der Waals surface area contributed by atoms with Gasteiger partial charge in [0, 0.05) is 29.6 Å². The lowest BCUT2D eigenvalue weighted by molar-refractivity contribution is 0.0543. The number of carbonyl (C=O) groups is 1. The summed E-state index contributed by atoms with van der Waals surface area (Å²) >= 11 is 3.34. The summed E-state index contributed by atoms with van der Waals surface area (Å²) in [6.07, 6.45) is 6.46. The number of ether oxygens (including phenoxy) is 1. The highest BCUT2D eigenvalue weighted by Gasteiger charge is 2.23. The van der Waals surface area contributed by atoms with Gasteiger partial charge in [-0.25, -0.2) is 19.3 Å². The third kappa shape index (κ3) is 3.58. The number of aromatic nitrogens is 5. The average Bonchev–Trinajstić information content (AvgIpc) is 3.08. The standard InChI is InChI=1S/C17H20BrN5O2/c1-10(2)23-8-11(6-20-23)12-9-22(16(24)25-17(3,4)5)15-14(12)21-13(18)7-19-15/h6-10H,1-5H3. The summed E-state index contributed by atoms with van der Waals surface area (Å²) in [7, 11) is 0. The summed E-state index contributed by atoms with van der Waals surface area (Å²) in [6.45, 7) is 9.58. The molecule has 8 heteroatoms. The molecule has 0 bridgehead atoms. The maximum atomic E-state index is 12.6. The van der Waals surface area contributed by atoms with Crippen molar-refractivity contribution in [1.82, 2.24) is 24.3 Å². The van der Waals surface area contributed by atoms with E-state index in [1.54, 1.807) is 18.6 Å². The third-order valence-electron chi connectivity index (χ3n) is 3.50. The van der Waals surface area contributed by atoms with Crippen LogP contribution in [0.1, 0.15) is 40.7 Å². The van der Waals surface area contributed by atoms with Gasteiger partial charge in [-0.3, -0.25) is 4.68 Å². The van der Waals surface area contributed by atoms with Gasteiger partial charge in [-0.15, -0.1) is 0 Å². The zero-order chi connectivity index (χ0) is 18.4. The van der Waals surface area contributed by atoms with E-state index in [-0.39, 0.29) is 6.04 Å². The van der Waals surface area contributed by atoms with Gasteiger partial charge >= 0.3 is 6.09 Å². The van der Waals surface area contributed by atoms with Gasteiger partial charge in [0.1, 0.15) is 15.7 Å². The highest BCUT2D eigenvalue weighted by Crippen LogP contribution is 2.30. The van der Waals surface area contributed by atoms with Crippen LogP contribution in [-0.4, -0.2) is 36.0 Å². The zero-order valence-electron chi connectivity index (χ0n) is 14.8. The highest BCUT2D eigenvalue weighted by molar-refractivity contribution is 9.10. The van der Waals surface area contributed by atoms with E-state index in [1.807, 2.05) is 31.6 Å². The van der Waals surface area contributed by atoms with E-state index in [0.717, 1.165) is 11.1 Å². The SMILES string of the molecule is CC(C)n1cc(-c2cn(C(=O)OC(C)(C)C)c3ncc(Br)nc23)cn1. The second kappa shape index (κ2) is 6.25. The molecule has 0 fully saturated rings. The smallest absolute Gasteiger partial charge is 0.420 e. The minimum Gasteiger partial charge on any atom is -0.443 e. The van der Waals surface area contributed by atoms with E-state index in [9.17, 15) is 4.79 Å². The quantitative estimate of drug-likeness (QED) is 0.630. The maximum absolute atomic E-state index is 12.6. The number of halogens is 1. The Morgan fingerprint density at radius 1 is 1.24 bits per heavy atom. The minimum absolute atomic E-state index is 0.241. The molecule has 0 amide bonds. The number of hydrogen-bond acceptors (Lipinski definition) is 5. The van der Waals surface area contributed by atoms with Crippen LogP contribution in [0.5, 0.6) is 0 Å². The predicted molar refractivity (Wildman–Crippen MR) is 98.5 cm³/mol. The average molecular weight is 406 g/mol. The molecule has 0 aliphatic heterocycles. The Morgan fingerprint density at radius 3 is 2.56 bits per heavy atom. The molecule has 0 saturated carbocycles. The molecule has 0 atom stereocenters. The van der Waals surface area contributed by atoms with Crippen molar-refractivity contribution in [3.05, 3.63) is 29.4 Å². The van der Waals surface area contributed by atoms with Crippen molar-refractivity contribution < 1.29 is 9.53 Å². The molecule has 0 unspecified atom stereocenters. The molecule has 3 aromatic heterocycles. The Labute approximate surface area is 154 Å². The van der Waals surface area contributed by atoms with Crippen molar-refractivity contribution in [1.29, 1.82) is 0 Å². The molecule has 7 nitrogen and oxygen atoms in total. The van der Waals surface area contributed by atoms with Crippen molar-refractivity contribution >= 4 is 33.2 Å². The molecular formula is C17H20BrN5O2. The molecular weight excluding hydrogens is 386 g/mol. The largest absolute Gasteiger partial charge is 0.443 e.